The number of hydrogen-bond donors (Lipinski definition) is 0. The third kappa shape index (κ3) is 3.11. The summed E-state index contributed by atoms with van der Waals surface area (Å²) in [6, 6.07) is 5.53. The van der Waals surface area contributed by atoms with Crippen molar-refractivity contribution in [1.29, 1.82) is 0 Å². The van der Waals surface area contributed by atoms with Crippen LogP contribution in [-0.4, -0.2) is 22.2 Å². The van der Waals surface area contributed by atoms with Gasteiger partial charge in [-0.3, -0.25) is 0 Å². The molecule has 0 aliphatic heterocycles. The highest BCUT2D eigenvalue weighted by Gasteiger charge is 2.17. The summed E-state index contributed by atoms with van der Waals surface area (Å²) < 4.78 is 5.37. The summed E-state index contributed by atoms with van der Waals surface area (Å²) in [4.78, 5) is 20.2. The second-order valence-corrected chi connectivity index (χ2v) is 5.32. The number of ether oxygens (including phenoxy) is 1. The van der Waals surface area contributed by atoms with Gasteiger partial charge in [0.25, 0.3) is 0 Å². The molecule has 0 N–H and O–H groups in total. The van der Waals surface area contributed by atoms with Crippen molar-refractivity contribution in [3.63, 3.8) is 0 Å². The summed E-state index contributed by atoms with van der Waals surface area (Å²) in [7, 11) is 0. The number of carbonyl (C=O) groups is 1. The van der Waals surface area contributed by atoms with E-state index in [0.717, 1.165) is 11.1 Å². The SMILES string of the molecule is CSc1ncc(Cl)c(C(=O)Oc2cccc(C)c2C)n1. The third-order valence-corrected chi connectivity index (χ3v) is 3.69. The maximum Gasteiger partial charge on any atom is 0.364 e. The predicted octanol–water partition coefficient (Wildman–Crippen LogP) is 3.69. The van der Waals surface area contributed by atoms with Crippen LogP contribution in [0.2, 0.25) is 5.02 Å². The lowest BCUT2D eigenvalue weighted by Gasteiger charge is -2.09. The minimum Gasteiger partial charge on any atom is -0.421 e. The van der Waals surface area contributed by atoms with Gasteiger partial charge in [-0.25, -0.2) is 14.8 Å². The van der Waals surface area contributed by atoms with Crippen LogP contribution >= 0.6 is 23.4 Å². The van der Waals surface area contributed by atoms with Crippen LogP contribution in [0.1, 0.15) is 21.6 Å². The van der Waals surface area contributed by atoms with Crippen molar-refractivity contribution in [2.75, 3.05) is 6.26 Å². The number of halogens is 1. The minimum absolute atomic E-state index is 0.0759. The Labute approximate surface area is 126 Å². The van der Waals surface area contributed by atoms with Gasteiger partial charge < -0.3 is 4.74 Å². The molecule has 104 valence electrons. The van der Waals surface area contributed by atoms with Crippen LogP contribution in [0.3, 0.4) is 0 Å². The molecule has 0 unspecified atom stereocenters. The fourth-order valence-corrected chi connectivity index (χ4v) is 2.08. The molecule has 20 heavy (non-hydrogen) atoms. The van der Waals surface area contributed by atoms with Crippen LogP contribution in [0.4, 0.5) is 0 Å². The molecule has 6 heteroatoms. The molecule has 0 saturated carbocycles. The lowest BCUT2D eigenvalue weighted by Crippen LogP contribution is -2.13. The van der Waals surface area contributed by atoms with Gasteiger partial charge in [0.15, 0.2) is 10.9 Å². The van der Waals surface area contributed by atoms with Gasteiger partial charge in [0.2, 0.25) is 0 Å². The molecule has 4 nitrogen and oxygen atoms in total. The van der Waals surface area contributed by atoms with E-state index in [1.165, 1.54) is 18.0 Å². The molecular formula is C14H13ClN2O2S. The van der Waals surface area contributed by atoms with E-state index in [1.807, 2.05) is 32.2 Å². The lowest BCUT2D eigenvalue weighted by atomic mass is 10.1. The maximum atomic E-state index is 12.2. The summed E-state index contributed by atoms with van der Waals surface area (Å²) in [6.45, 7) is 3.85. The highest BCUT2D eigenvalue weighted by Crippen LogP contribution is 2.23. The van der Waals surface area contributed by atoms with Gasteiger partial charge in [-0.2, -0.15) is 0 Å². The number of rotatable bonds is 3. The molecule has 0 radical (unpaired) electrons. The van der Waals surface area contributed by atoms with Crippen molar-refractivity contribution in [2.24, 2.45) is 0 Å². The number of esters is 1. The number of hydrogen-bond acceptors (Lipinski definition) is 5. The largest absolute Gasteiger partial charge is 0.421 e. The molecule has 2 aromatic rings. The molecule has 0 atom stereocenters. The standard InChI is InChI=1S/C14H13ClN2O2S/c1-8-5-4-6-11(9(8)2)19-13(18)12-10(15)7-16-14(17-12)20-3/h4-7H,1-3H3. The Kier molecular flexibility index (Phi) is 4.62. The van der Waals surface area contributed by atoms with Crippen LogP contribution in [0.5, 0.6) is 5.75 Å². The molecule has 2 rings (SSSR count). The highest BCUT2D eigenvalue weighted by atomic mass is 35.5. The number of thioether (sulfide) groups is 1. The van der Waals surface area contributed by atoms with Crippen LogP contribution in [0.25, 0.3) is 0 Å². The summed E-state index contributed by atoms with van der Waals surface area (Å²) in [5.74, 6) is -0.0724. The van der Waals surface area contributed by atoms with Crippen molar-refractivity contribution in [3.05, 3.63) is 46.2 Å². The summed E-state index contributed by atoms with van der Waals surface area (Å²) in [5, 5.41) is 0.653. The first kappa shape index (κ1) is 14.8. The molecule has 0 saturated heterocycles. The molecule has 0 bridgehead atoms. The first-order valence-electron chi connectivity index (χ1n) is 5.88. The van der Waals surface area contributed by atoms with Crippen molar-refractivity contribution < 1.29 is 9.53 Å². The lowest BCUT2D eigenvalue weighted by molar-refractivity contribution is 0.0726. The first-order valence-corrected chi connectivity index (χ1v) is 7.48. The van der Waals surface area contributed by atoms with E-state index in [1.54, 1.807) is 6.07 Å². The molecule has 1 heterocycles. The van der Waals surface area contributed by atoms with E-state index in [4.69, 9.17) is 16.3 Å². The van der Waals surface area contributed by atoms with E-state index >= 15 is 0 Å². The minimum atomic E-state index is -0.582. The Balaban J connectivity index is 2.30. The van der Waals surface area contributed by atoms with Gasteiger partial charge in [0, 0.05) is 0 Å². The number of benzene rings is 1. The van der Waals surface area contributed by atoms with E-state index < -0.39 is 5.97 Å². The average molecular weight is 309 g/mol. The maximum absolute atomic E-state index is 12.2. The number of aryl methyl sites for hydroxylation is 1. The Bertz CT molecular complexity index is 662. The first-order chi connectivity index (χ1) is 9.52. The average Bonchev–Trinajstić information content (AvgIpc) is 2.44. The monoisotopic (exact) mass is 308 g/mol. The zero-order valence-electron chi connectivity index (χ0n) is 11.3. The van der Waals surface area contributed by atoms with Crippen molar-refractivity contribution in [1.82, 2.24) is 9.97 Å². The third-order valence-electron chi connectivity index (χ3n) is 2.86. The smallest absolute Gasteiger partial charge is 0.364 e. The molecule has 0 spiro atoms. The Morgan fingerprint density at radius 1 is 1.35 bits per heavy atom. The zero-order valence-corrected chi connectivity index (χ0v) is 12.9. The second-order valence-electron chi connectivity index (χ2n) is 4.14. The summed E-state index contributed by atoms with van der Waals surface area (Å²) in [5.41, 5.74) is 2.04. The molecule has 0 aliphatic carbocycles. The van der Waals surface area contributed by atoms with Crippen LogP contribution in [0.15, 0.2) is 29.6 Å². The molecular weight excluding hydrogens is 296 g/mol. The Morgan fingerprint density at radius 3 is 2.80 bits per heavy atom. The van der Waals surface area contributed by atoms with Gasteiger partial charge >= 0.3 is 5.97 Å². The molecule has 1 aromatic carbocycles. The highest BCUT2D eigenvalue weighted by molar-refractivity contribution is 7.98. The molecule has 0 amide bonds. The fraction of sp³-hybridized carbons (Fsp3) is 0.214. The predicted molar refractivity (Wildman–Crippen MR) is 79.7 cm³/mol. The van der Waals surface area contributed by atoms with Gasteiger partial charge in [-0.1, -0.05) is 35.5 Å². The van der Waals surface area contributed by atoms with Gasteiger partial charge in [-0.05, 0) is 37.3 Å². The zero-order chi connectivity index (χ0) is 14.7. The van der Waals surface area contributed by atoms with E-state index in [0.29, 0.717) is 10.9 Å². The van der Waals surface area contributed by atoms with Crippen molar-refractivity contribution >= 4 is 29.3 Å². The second kappa shape index (κ2) is 6.24. The quantitative estimate of drug-likeness (QED) is 0.374. The number of nitrogens with zero attached hydrogens (tertiary/aromatic N) is 2. The summed E-state index contributed by atoms with van der Waals surface area (Å²) >= 11 is 7.28. The van der Waals surface area contributed by atoms with Crippen LogP contribution < -0.4 is 4.74 Å². The van der Waals surface area contributed by atoms with Gasteiger partial charge in [0.05, 0.1) is 11.2 Å². The van der Waals surface area contributed by atoms with Crippen LogP contribution in [-0.2, 0) is 0 Å². The van der Waals surface area contributed by atoms with Crippen LogP contribution in [0, 0.1) is 13.8 Å². The fourth-order valence-electron chi connectivity index (χ4n) is 1.58. The summed E-state index contributed by atoms with van der Waals surface area (Å²) in [6.07, 6.45) is 3.23. The van der Waals surface area contributed by atoms with E-state index in [2.05, 4.69) is 9.97 Å². The van der Waals surface area contributed by atoms with Crippen molar-refractivity contribution in [2.45, 2.75) is 19.0 Å². The molecule has 0 fully saturated rings. The van der Waals surface area contributed by atoms with Gasteiger partial charge in [0.1, 0.15) is 5.75 Å². The normalized spacial score (nSPS) is 10.4. The number of carbonyl (C=O) groups excluding carboxylic acids is 1. The van der Waals surface area contributed by atoms with E-state index in [9.17, 15) is 4.79 Å². The van der Waals surface area contributed by atoms with Gasteiger partial charge in [-0.15, -0.1) is 0 Å². The topological polar surface area (TPSA) is 52.1 Å². The van der Waals surface area contributed by atoms with Crippen molar-refractivity contribution in [3.8, 4) is 5.75 Å². The van der Waals surface area contributed by atoms with E-state index in [-0.39, 0.29) is 10.7 Å². The molecule has 1 aromatic heterocycles. The molecule has 0 aliphatic rings. The Hall–Kier alpha value is -1.59. The Morgan fingerprint density at radius 2 is 2.10 bits per heavy atom. The number of aromatic nitrogens is 2.